The normalized spacial score (nSPS) is 11.3. The lowest BCUT2D eigenvalue weighted by molar-refractivity contribution is -0.384. The number of nitrogens with one attached hydrogen (secondary N) is 1. The molecule has 0 aliphatic rings. The lowest BCUT2D eigenvalue weighted by Crippen LogP contribution is -2.12. The number of nitrogens with zero attached hydrogens (tertiary/aromatic N) is 4. The summed E-state index contributed by atoms with van der Waals surface area (Å²) in [5.74, 6) is -0.221. The summed E-state index contributed by atoms with van der Waals surface area (Å²) in [6, 6.07) is 16.1. The molecule has 0 unspecified atom stereocenters. The minimum atomic E-state index is -4.48. The van der Waals surface area contributed by atoms with Gasteiger partial charge in [0.2, 0.25) is 0 Å². The van der Waals surface area contributed by atoms with Crippen LogP contribution in [0.2, 0.25) is 0 Å². The van der Waals surface area contributed by atoms with Crippen LogP contribution in [-0.4, -0.2) is 45.9 Å². The van der Waals surface area contributed by atoms with Gasteiger partial charge in [-0.3, -0.25) is 14.9 Å². The van der Waals surface area contributed by atoms with Crippen LogP contribution in [0, 0.1) is 10.1 Å². The van der Waals surface area contributed by atoms with Gasteiger partial charge in [0.05, 0.1) is 22.8 Å². The predicted molar refractivity (Wildman–Crippen MR) is 130 cm³/mol. The topological polar surface area (TPSA) is 121 Å². The first-order chi connectivity index (χ1) is 18.2. The second-order valence-corrected chi connectivity index (χ2v) is 7.85. The first kappa shape index (κ1) is 26.3. The molecule has 0 radical (unpaired) electrons. The van der Waals surface area contributed by atoms with Crippen molar-refractivity contribution in [3.8, 4) is 23.1 Å². The van der Waals surface area contributed by atoms with Crippen molar-refractivity contribution < 1.29 is 32.4 Å². The maximum Gasteiger partial charge on any atom is 0.416 e. The Hall–Kier alpha value is -4.78. The van der Waals surface area contributed by atoms with Gasteiger partial charge in [0.15, 0.2) is 5.82 Å². The number of methoxy groups -OCH3 is 1. The summed E-state index contributed by atoms with van der Waals surface area (Å²) in [6.07, 6.45) is -4.48. The van der Waals surface area contributed by atoms with Gasteiger partial charge < -0.3 is 14.8 Å². The molecule has 4 aromatic rings. The van der Waals surface area contributed by atoms with Crippen LogP contribution in [0.4, 0.5) is 24.5 Å². The summed E-state index contributed by atoms with van der Waals surface area (Å²) in [5, 5.41) is 17.8. The average Bonchev–Trinajstić information content (AvgIpc) is 3.33. The highest BCUT2D eigenvalue weighted by Crippen LogP contribution is 2.31. The van der Waals surface area contributed by atoms with Crippen molar-refractivity contribution in [1.29, 1.82) is 0 Å². The molecule has 196 valence electrons. The second kappa shape index (κ2) is 11.1. The molecule has 10 nitrogen and oxygen atoms in total. The van der Waals surface area contributed by atoms with Crippen LogP contribution < -0.4 is 10.1 Å². The number of nitro groups is 1. The molecule has 0 aliphatic carbocycles. The van der Waals surface area contributed by atoms with Crippen molar-refractivity contribution in [2.45, 2.75) is 6.18 Å². The van der Waals surface area contributed by atoms with E-state index in [1.165, 1.54) is 48.2 Å². The Kier molecular flexibility index (Phi) is 7.67. The third kappa shape index (κ3) is 6.13. The number of amides is 1. The maximum absolute atomic E-state index is 13.0. The molecule has 1 heterocycles. The molecule has 3 aromatic carbocycles. The summed E-state index contributed by atoms with van der Waals surface area (Å²) in [7, 11) is 1.50. The third-order valence-electron chi connectivity index (χ3n) is 5.29. The molecular weight excluding hydrogens is 507 g/mol. The van der Waals surface area contributed by atoms with E-state index in [1.807, 2.05) is 0 Å². The highest BCUT2D eigenvalue weighted by atomic mass is 19.4. The number of alkyl halides is 3. The Morgan fingerprint density at radius 2 is 1.66 bits per heavy atom. The fraction of sp³-hybridized carbons (Fsp3) is 0.160. The Morgan fingerprint density at radius 1 is 1.00 bits per heavy atom. The molecule has 0 saturated heterocycles. The van der Waals surface area contributed by atoms with Gasteiger partial charge in [0, 0.05) is 36.1 Å². The van der Waals surface area contributed by atoms with E-state index in [0.29, 0.717) is 16.9 Å². The van der Waals surface area contributed by atoms with Gasteiger partial charge >= 0.3 is 12.2 Å². The number of rotatable bonds is 9. The summed E-state index contributed by atoms with van der Waals surface area (Å²) < 4.78 is 50.9. The number of benzene rings is 3. The Morgan fingerprint density at radius 3 is 2.24 bits per heavy atom. The average molecular weight is 527 g/mol. The molecule has 0 atom stereocenters. The Bertz CT molecular complexity index is 1420. The van der Waals surface area contributed by atoms with E-state index >= 15 is 0 Å². The molecule has 0 aliphatic heterocycles. The van der Waals surface area contributed by atoms with E-state index in [0.717, 1.165) is 12.1 Å². The first-order valence-corrected chi connectivity index (χ1v) is 11.1. The van der Waals surface area contributed by atoms with Crippen molar-refractivity contribution in [3.05, 3.63) is 94.0 Å². The van der Waals surface area contributed by atoms with Gasteiger partial charge in [-0.25, -0.2) is 4.68 Å². The molecular formula is C25H20F3N5O5. The molecule has 4 rings (SSSR count). The summed E-state index contributed by atoms with van der Waals surface area (Å²) in [6.45, 7) is 0.452. The number of ether oxygens (including phenoxy) is 2. The molecule has 0 saturated carbocycles. The van der Waals surface area contributed by atoms with Gasteiger partial charge in [-0.15, -0.1) is 5.10 Å². The standard InChI is InChI=1S/C25H20F3N5O5/c1-37-14-15-38-24-30-22(16-2-6-18(7-3-16)25(26,27)28)32(31-24)20-12-8-19(9-13-20)29-23(34)17-4-10-21(11-5-17)33(35)36/h2-13H,14-15H2,1H3,(H,29,34). The van der Waals surface area contributed by atoms with E-state index < -0.39 is 22.6 Å². The number of non-ortho nitro benzene ring substituents is 1. The van der Waals surface area contributed by atoms with E-state index in [4.69, 9.17) is 9.47 Å². The zero-order chi connectivity index (χ0) is 27.3. The van der Waals surface area contributed by atoms with Gasteiger partial charge in [-0.05, 0) is 48.5 Å². The monoisotopic (exact) mass is 527 g/mol. The summed E-state index contributed by atoms with van der Waals surface area (Å²) in [4.78, 5) is 27.1. The quantitative estimate of drug-likeness (QED) is 0.182. The van der Waals surface area contributed by atoms with Gasteiger partial charge in [0.1, 0.15) is 6.61 Å². The number of nitro benzene ring substituents is 1. The van der Waals surface area contributed by atoms with Gasteiger partial charge in [0.25, 0.3) is 11.6 Å². The Labute approximate surface area is 213 Å². The van der Waals surface area contributed by atoms with Crippen molar-refractivity contribution in [2.24, 2.45) is 0 Å². The number of anilines is 1. The molecule has 1 N–H and O–H groups in total. The van der Waals surface area contributed by atoms with Crippen molar-refractivity contribution in [1.82, 2.24) is 14.8 Å². The number of hydrogen-bond acceptors (Lipinski definition) is 7. The van der Waals surface area contributed by atoms with E-state index in [1.54, 1.807) is 24.3 Å². The van der Waals surface area contributed by atoms with Crippen LogP contribution in [0.1, 0.15) is 15.9 Å². The molecule has 0 fully saturated rings. The largest absolute Gasteiger partial charge is 0.460 e. The van der Waals surface area contributed by atoms with Crippen molar-refractivity contribution in [2.75, 3.05) is 25.6 Å². The minimum absolute atomic E-state index is 0.00694. The highest BCUT2D eigenvalue weighted by molar-refractivity contribution is 6.04. The van der Waals surface area contributed by atoms with Crippen LogP contribution in [0.3, 0.4) is 0 Å². The number of carbonyl (C=O) groups is 1. The highest BCUT2D eigenvalue weighted by Gasteiger charge is 2.30. The number of halogens is 3. The molecule has 0 spiro atoms. The van der Waals surface area contributed by atoms with Gasteiger partial charge in [-0.2, -0.15) is 18.2 Å². The zero-order valence-electron chi connectivity index (χ0n) is 19.8. The lowest BCUT2D eigenvalue weighted by Gasteiger charge is -2.10. The smallest absolute Gasteiger partial charge is 0.416 e. The summed E-state index contributed by atoms with van der Waals surface area (Å²) >= 11 is 0. The number of carbonyl (C=O) groups excluding carboxylic acids is 1. The number of hydrogen-bond donors (Lipinski definition) is 1. The third-order valence-corrected chi connectivity index (χ3v) is 5.29. The van der Waals surface area contributed by atoms with Crippen LogP contribution in [-0.2, 0) is 10.9 Å². The van der Waals surface area contributed by atoms with Crippen molar-refractivity contribution in [3.63, 3.8) is 0 Å². The maximum atomic E-state index is 13.0. The van der Waals surface area contributed by atoms with Crippen LogP contribution in [0.25, 0.3) is 17.1 Å². The van der Waals surface area contributed by atoms with Gasteiger partial charge in [-0.1, -0.05) is 12.1 Å². The van der Waals surface area contributed by atoms with E-state index in [-0.39, 0.29) is 36.3 Å². The lowest BCUT2D eigenvalue weighted by atomic mass is 10.1. The SMILES string of the molecule is COCCOc1nc(-c2ccc(C(F)(F)F)cc2)n(-c2ccc(NC(=O)c3ccc([N+](=O)[O-])cc3)cc2)n1. The van der Waals surface area contributed by atoms with Crippen LogP contribution in [0.5, 0.6) is 6.01 Å². The fourth-order valence-corrected chi connectivity index (χ4v) is 3.37. The predicted octanol–water partition coefficient (Wildman–Crippen LogP) is 5.14. The minimum Gasteiger partial charge on any atom is -0.460 e. The van der Waals surface area contributed by atoms with E-state index in [2.05, 4.69) is 15.4 Å². The molecule has 38 heavy (non-hydrogen) atoms. The first-order valence-electron chi connectivity index (χ1n) is 11.1. The van der Waals surface area contributed by atoms with E-state index in [9.17, 15) is 28.1 Å². The molecule has 0 bridgehead atoms. The molecule has 1 amide bonds. The fourth-order valence-electron chi connectivity index (χ4n) is 3.37. The Balaban J connectivity index is 1.58. The van der Waals surface area contributed by atoms with Crippen molar-refractivity contribution >= 4 is 17.3 Å². The van der Waals surface area contributed by atoms with Crippen LogP contribution >= 0.6 is 0 Å². The number of aromatic nitrogens is 3. The molecule has 1 aromatic heterocycles. The molecule has 13 heteroatoms. The zero-order valence-corrected chi connectivity index (χ0v) is 19.8. The summed E-state index contributed by atoms with van der Waals surface area (Å²) in [5.41, 5.74) is 0.623. The van der Waals surface area contributed by atoms with Crippen LogP contribution in [0.15, 0.2) is 72.8 Å². The second-order valence-electron chi connectivity index (χ2n) is 7.85.